The van der Waals surface area contributed by atoms with Crippen LogP contribution in [0.5, 0.6) is 0 Å². The summed E-state index contributed by atoms with van der Waals surface area (Å²) in [6, 6.07) is 0. The minimum absolute atomic E-state index is 0.823. The first-order valence-electron chi connectivity index (χ1n) is 2.41. The molecule has 44 valence electrons. The highest BCUT2D eigenvalue weighted by Gasteiger charge is 1.77. The van der Waals surface area contributed by atoms with E-state index in [0.717, 1.165) is 12.5 Å². The summed E-state index contributed by atoms with van der Waals surface area (Å²) in [4.78, 5) is 9.74. The van der Waals surface area contributed by atoms with Crippen LogP contribution < -0.4 is 0 Å². The van der Waals surface area contributed by atoms with Gasteiger partial charge in [-0.25, -0.2) is 4.79 Å². The molecule has 1 N–H and O–H groups in total. The molecular weight excluding hydrogens is 104 g/mol. The summed E-state index contributed by atoms with van der Waals surface area (Å²) < 4.78 is 0. The van der Waals surface area contributed by atoms with E-state index in [0.29, 0.717) is 0 Å². The van der Waals surface area contributed by atoms with E-state index in [4.69, 9.17) is 5.11 Å². The van der Waals surface area contributed by atoms with Gasteiger partial charge in [-0.3, -0.25) is 0 Å². The molecule has 0 aromatic heterocycles. The van der Waals surface area contributed by atoms with Gasteiger partial charge in [-0.1, -0.05) is 6.92 Å². The van der Waals surface area contributed by atoms with Crippen molar-refractivity contribution in [3.05, 3.63) is 17.9 Å². The number of hydrogen-bond acceptors (Lipinski definition) is 1. The van der Waals surface area contributed by atoms with Crippen molar-refractivity contribution in [2.24, 2.45) is 0 Å². The Morgan fingerprint density at radius 1 is 1.88 bits per heavy atom. The van der Waals surface area contributed by atoms with Gasteiger partial charge in [-0.15, -0.1) is 5.73 Å². The number of carbonyl (C=O) groups is 1. The summed E-state index contributed by atoms with van der Waals surface area (Å²) in [6.07, 6.45) is 3.47. The zero-order chi connectivity index (χ0) is 6.41. The third-order valence-corrected chi connectivity index (χ3v) is 0.529. The van der Waals surface area contributed by atoms with Crippen LogP contribution in [0.1, 0.15) is 13.3 Å². The lowest BCUT2D eigenvalue weighted by atomic mass is 10.4. The van der Waals surface area contributed by atoms with Crippen LogP contribution in [0.25, 0.3) is 0 Å². The molecule has 0 aliphatic rings. The lowest BCUT2D eigenvalue weighted by Crippen LogP contribution is -1.83. The summed E-state index contributed by atoms with van der Waals surface area (Å²) in [5.41, 5.74) is 2.48. The van der Waals surface area contributed by atoms with E-state index >= 15 is 0 Å². The van der Waals surface area contributed by atoms with Crippen LogP contribution >= 0.6 is 0 Å². The van der Waals surface area contributed by atoms with Crippen molar-refractivity contribution >= 4 is 5.97 Å². The van der Waals surface area contributed by atoms with E-state index < -0.39 is 5.97 Å². The molecule has 0 saturated heterocycles. The van der Waals surface area contributed by atoms with Gasteiger partial charge in [0.15, 0.2) is 0 Å². The average Bonchev–Trinajstić information content (AvgIpc) is 1.66. The van der Waals surface area contributed by atoms with Gasteiger partial charge in [-0.05, 0) is 12.5 Å². The second-order valence-corrected chi connectivity index (χ2v) is 1.26. The van der Waals surface area contributed by atoms with Crippen LogP contribution in [0.15, 0.2) is 17.9 Å². The first-order valence-corrected chi connectivity index (χ1v) is 2.41. The van der Waals surface area contributed by atoms with E-state index in [1.54, 1.807) is 6.08 Å². The zero-order valence-corrected chi connectivity index (χ0v) is 4.72. The van der Waals surface area contributed by atoms with Crippen molar-refractivity contribution in [2.75, 3.05) is 0 Å². The molecule has 0 radical (unpaired) electrons. The van der Waals surface area contributed by atoms with Crippen LogP contribution in [0, 0.1) is 0 Å². The highest BCUT2D eigenvalue weighted by molar-refractivity contribution is 5.79. The first-order chi connectivity index (χ1) is 3.77. The van der Waals surface area contributed by atoms with E-state index in [1.165, 1.54) is 0 Å². The standard InChI is InChI=1S/C6H8O2/c1-2-3-4-5-6(7)8/h3,5H,2H2,1H3,(H,7,8). The lowest BCUT2D eigenvalue weighted by molar-refractivity contribution is -0.131. The molecule has 0 aliphatic carbocycles. The van der Waals surface area contributed by atoms with Crippen molar-refractivity contribution < 1.29 is 9.90 Å². The summed E-state index contributed by atoms with van der Waals surface area (Å²) >= 11 is 0. The molecule has 0 atom stereocenters. The van der Waals surface area contributed by atoms with Crippen molar-refractivity contribution in [3.63, 3.8) is 0 Å². The molecule has 0 unspecified atom stereocenters. The number of aliphatic carboxylic acids is 1. The predicted octanol–water partition coefficient (Wildman–Crippen LogP) is 1.19. The minimum Gasteiger partial charge on any atom is -0.478 e. The number of rotatable bonds is 2. The maximum atomic E-state index is 9.74. The fourth-order valence-corrected chi connectivity index (χ4v) is 0.248. The van der Waals surface area contributed by atoms with Gasteiger partial charge in [0.1, 0.15) is 0 Å². The summed E-state index contributed by atoms with van der Waals surface area (Å²) in [7, 11) is 0. The topological polar surface area (TPSA) is 37.3 Å². The average molecular weight is 112 g/mol. The van der Waals surface area contributed by atoms with Gasteiger partial charge in [-0.2, -0.15) is 0 Å². The van der Waals surface area contributed by atoms with E-state index in [9.17, 15) is 4.79 Å². The van der Waals surface area contributed by atoms with Gasteiger partial charge in [0.05, 0.1) is 6.08 Å². The quantitative estimate of drug-likeness (QED) is 0.430. The van der Waals surface area contributed by atoms with Crippen LogP contribution in [0.3, 0.4) is 0 Å². The fraction of sp³-hybridized carbons (Fsp3) is 0.333. The molecule has 8 heavy (non-hydrogen) atoms. The Morgan fingerprint density at radius 2 is 2.50 bits per heavy atom. The molecule has 0 saturated carbocycles. The van der Waals surface area contributed by atoms with Crippen LogP contribution in [-0.2, 0) is 4.79 Å². The monoisotopic (exact) mass is 112 g/mol. The SMILES string of the molecule is CCC=C=CC(=O)O. The molecule has 0 spiro atoms. The number of carboxylic acids is 1. The van der Waals surface area contributed by atoms with E-state index in [2.05, 4.69) is 5.73 Å². The molecule has 0 amide bonds. The molecule has 0 fully saturated rings. The smallest absolute Gasteiger partial charge is 0.336 e. The maximum absolute atomic E-state index is 9.74. The van der Waals surface area contributed by atoms with E-state index in [-0.39, 0.29) is 0 Å². The van der Waals surface area contributed by atoms with Gasteiger partial charge in [0.2, 0.25) is 0 Å². The molecule has 0 bridgehead atoms. The molecule has 0 rings (SSSR count). The molecule has 0 aromatic carbocycles. The Hall–Kier alpha value is -1.01. The third-order valence-electron chi connectivity index (χ3n) is 0.529. The Labute approximate surface area is 48.1 Å². The maximum Gasteiger partial charge on any atom is 0.336 e. The predicted molar refractivity (Wildman–Crippen MR) is 30.6 cm³/mol. The Morgan fingerprint density at radius 3 is 2.88 bits per heavy atom. The van der Waals surface area contributed by atoms with Crippen molar-refractivity contribution in [1.82, 2.24) is 0 Å². The number of hydrogen-bond donors (Lipinski definition) is 1. The molecule has 0 aliphatic heterocycles. The second-order valence-electron chi connectivity index (χ2n) is 1.26. The third kappa shape index (κ3) is 4.99. The fourth-order valence-electron chi connectivity index (χ4n) is 0.248. The molecule has 0 heterocycles. The van der Waals surface area contributed by atoms with Gasteiger partial charge in [0, 0.05) is 0 Å². The normalized spacial score (nSPS) is 7.12. The second kappa shape index (κ2) is 4.16. The molecule has 2 heteroatoms. The summed E-state index contributed by atoms with van der Waals surface area (Å²) in [6.45, 7) is 1.92. The van der Waals surface area contributed by atoms with Gasteiger partial charge >= 0.3 is 5.97 Å². The Bertz CT molecular complexity index is 129. The first kappa shape index (κ1) is 6.99. The van der Waals surface area contributed by atoms with Crippen LogP contribution in [0.2, 0.25) is 0 Å². The summed E-state index contributed by atoms with van der Waals surface area (Å²) in [5.74, 6) is -0.949. The highest BCUT2D eigenvalue weighted by Crippen LogP contribution is 1.74. The molecule has 2 nitrogen and oxygen atoms in total. The van der Waals surface area contributed by atoms with Crippen molar-refractivity contribution in [3.8, 4) is 0 Å². The van der Waals surface area contributed by atoms with Crippen molar-refractivity contribution in [1.29, 1.82) is 0 Å². The Kier molecular flexibility index (Phi) is 3.63. The largest absolute Gasteiger partial charge is 0.478 e. The van der Waals surface area contributed by atoms with Gasteiger partial charge < -0.3 is 5.11 Å². The Balaban J connectivity index is 3.64. The van der Waals surface area contributed by atoms with Crippen LogP contribution in [0.4, 0.5) is 0 Å². The zero-order valence-electron chi connectivity index (χ0n) is 4.72. The lowest BCUT2D eigenvalue weighted by Gasteiger charge is -1.69. The minimum atomic E-state index is -0.949. The van der Waals surface area contributed by atoms with Gasteiger partial charge in [0.25, 0.3) is 0 Å². The number of carboxylic acid groups (broad SMARTS) is 1. The molecule has 0 aromatic rings. The molecular formula is C6H8O2. The van der Waals surface area contributed by atoms with E-state index in [1.807, 2.05) is 6.92 Å². The highest BCUT2D eigenvalue weighted by atomic mass is 16.4. The van der Waals surface area contributed by atoms with Crippen molar-refractivity contribution in [2.45, 2.75) is 13.3 Å². The van der Waals surface area contributed by atoms with Crippen LogP contribution in [-0.4, -0.2) is 11.1 Å². The summed E-state index contributed by atoms with van der Waals surface area (Å²) in [5, 5.41) is 8.00.